The third-order valence-corrected chi connectivity index (χ3v) is 5.93. The first-order valence-electron chi connectivity index (χ1n) is 9.52. The van der Waals surface area contributed by atoms with Crippen LogP contribution in [0.2, 0.25) is 0 Å². The van der Waals surface area contributed by atoms with Crippen LogP contribution in [0.4, 0.5) is 5.69 Å². The zero-order chi connectivity index (χ0) is 22.7. The van der Waals surface area contributed by atoms with Crippen molar-refractivity contribution in [3.63, 3.8) is 0 Å². The van der Waals surface area contributed by atoms with Crippen LogP contribution in [0.5, 0.6) is 17.2 Å². The first kappa shape index (κ1) is 21.5. The number of phenols is 1. The molecule has 0 unspecified atom stereocenters. The van der Waals surface area contributed by atoms with Crippen molar-refractivity contribution in [3.05, 3.63) is 66.2 Å². The Labute approximate surface area is 193 Å². The molecule has 1 amide bonds. The van der Waals surface area contributed by atoms with Gasteiger partial charge in [0.05, 0.1) is 30.0 Å². The van der Waals surface area contributed by atoms with Crippen LogP contribution in [-0.2, 0) is 0 Å². The lowest BCUT2D eigenvalue weighted by Crippen LogP contribution is -2.34. The van der Waals surface area contributed by atoms with E-state index in [4.69, 9.17) is 21.7 Å². The number of thiocarbonyl (C=S) groups is 1. The Hall–Kier alpha value is -3.69. The van der Waals surface area contributed by atoms with Gasteiger partial charge >= 0.3 is 0 Å². The summed E-state index contributed by atoms with van der Waals surface area (Å²) in [6, 6.07) is 17.8. The number of fused-ring (bicyclic) bond motifs is 1. The van der Waals surface area contributed by atoms with Crippen LogP contribution >= 0.6 is 23.6 Å². The smallest absolute Gasteiger partial charge is 0.264 e. The van der Waals surface area contributed by atoms with Gasteiger partial charge in [0.2, 0.25) is 0 Å². The highest BCUT2D eigenvalue weighted by Crippen LogP contribution is 2.36. The molecule has 4 aromatic rings. The second-order valence-corrected chi connectivity index (χ2v) is 8.10. The topological polar surface area (TPSA) is 92.7 Å². The number of anilines is 1. The number of hydrogen-bond acceptors (Lipinski definition) is 7. The Morgan fingerprint density at radius 2 is 1.75 bits per heavy atom. The maximum absolute atomic E-state index is 12.8. The molecule has 4 rings (SSSR count). The van der Waals surface area contributed by atoms with Crippen LogP contribution in [0, 0.1) is 0 Å². The number of nitrogens with zero attached hydrogens (tertiary/aromatic N) is 1. The number of aromatic nitrogens is 1. The van der Waals surface area contributed by atoms with Gasteiger partial charge in [0.25, 0.3) is 5.91 Å². The van der Waals surface area contributed by atoms with Crippen molar-refractivity contribution in [1.29, 1.82) is 0 Å². The molecule has 0 saturated carbocycles. The summed E-state index contributed by atoms with van der Waals surface area (Å²) in [6.45, 7) is 0. The standard InChI is InChI=1S/C23H19N3O4S2/c1-29-17-7-5-8-18(30-2)20(17)21(28)26-23(31)24-13-10-11-16(27)14(12-13)22-25-15-6-3-4-9-19(15)32-22/h3-12,27H,1-2H3,(H2,24,26,28,31). The maximum Gasteiger partial charge on any atom is 0.264 e. The lowest BCUT2D eigenvalue weighted by Gasteiger charge is -2.14. The average Bonchev–Trinajstić information content (AvgIpc) is 3.23. The molecule has 0 spiro atoms. The number of amides is 1. The van der Waals surface area contributed by atoms with Gasteiger partial charge in [0.1, 0.15) is 27.8 Å². The molecule has 0 aliphatic heterocycles. The van der Waals surface area contributed by atoms with E-state index in [2.05, 4.69) is 15.6 Å². The number of para-hydroxylation sites is 1. The number of benzene rings is 3. The summed E-state index contributed by atoms with van der Waals surface area (Å²) in [7, 11) is 2.95. The Kier molecular flexibility index (Phi) is 6.20. The lowest BCUT2D eigenvalue weighted by atomic mass is 10.1. The number of ether oxygens (including phenoxy) is 2. The molecule has 3 N–H and O–H groups in total. The van der Waals surface area contributed by atoms with Gasteiger partial charge in [0.15, 0.2) is 5.11 Å². The summed E-state index contributed by atoms with van der Waals surface area (Å²) in [6.07, 6.45) is 0. The van der Waals surface area contributed by atoms with Crippen LogP contribution in [0.25, 0.3) is 20.8 Å². The number of hydrogen-bond donors (Lipinski definition) is 3. The molecular formula is C23H19N3O4S2. The molecule has 1 aromatic heterocycles. The van der Waals surface area contributed by atoms with Gasteiger partial charge in [-0.05, 0) is 54.7 Å². The summed E-state index contributed by atoms with van der Waals surface area (Å²) in [5, 5.41) is 16.7. The summed E-state index contributed by atoms with van der Waals surface area (Å²) in [5.41, 5.74) is 2.26. The SMILES string of the molecule is COc1cccc(OC)c1C(=O)NC(=S)Nc1ccc(O)c(-c2nc3ccccc3s2)c1. The average molecular weight is 466 g/mol. The minimum absolute atomic E-state index is 0.0869. The quantitative estimate of drug-likeness (QED) is 0.288. The van der Waals surface area contributed by atoms with E-state index in [0.29, 0.717) is 27.8 Å². The molecule has 0 atom stereocenters. The Bertz CT molecular complexity index is 1260. The van der Waals surface area contributed by atoms with E-state index in [1.54, 1.807) is 36.4 Å². The van der Waals surface area contributed by atoms with Gasteiger partial charge in [-0.1, -0.05) is 18.2 Å². The summed E-state index contributed by atoms with van der Waals surface area (Å²) < 4.78 is 11.6. The number of thiazole rings is 1. The molecule has 0 saturated heterocycles. The number of carbonyl (C=O) groups is 1. The fourth-order valence-electron chi connectivity index (χ4n) is 3.18. The molecule has 7 nitrogen and oxygen atoms in total. The van der Waals surface area contributed by atoms with Crippen molar-refractivity contribution in [1.82, 2.24) is 10.3 Å². The van der Waals surface area contributed by atoms with Crippen LogP contribution in [0.1, 0.15) is 10.4 Å². The van der Waals surface area contributed by atoms with Crippen LogP contribution in [0.3, 0.4) is 0 Å². The van der Waals surface area contributed by atoms with E-state index < -0.39 is 5.91 Å². The van der Waals surface area contributed by atoms with E-state index in [0.717, 1.165) is 10.2 Å². The second kappa shape index (κ2) is 9.21. The van der Waals surface area contributed by atoms with Crippen molar-refractivity contribution < 1.29 is 19.4 Å². The molecule has 162 valence electrons. The van der Waals surface area contributed by atoms with Gasteiger partial charge in [0, 0.05) is 5.69 Å². The number of methoxy groups -OCH3 is 2. The maximum atomic E-state index is 12.8. The molecule has 32 heavy (non-hydrogen) atoms. The fraction of sp³-hybridized carbons (Fsp3) is 0.0870. The Balaban J connectivity index is 1.54. The normalized spacial score (nSPS) is 10.6. The highest BCUT2D eigenvalue weighted by atomic mass is 32.1. The molecule has 3 aromatic carbocycles. The Morgan fingerprint density at radius 1 is 1.03 bits per heavy atom. The molecule has 9 heteroatoms. The number of carbonyl (C=O) groups excluding carboxylic acids is 1. The van der Waals surface area contributed by atoms with E-state index in [9.17, 15) is 9.90 Å². The zero-order valence-corrected chi connectivity index (χ0v) is 18.8. The number of aromatic hydroxyl groups is 1. The van der Waals surface area contributed by atoms with Crippen molar-refractivity contribution in [2.45, 2.75) is 0 Å². The summed E-state index contributed by atoms with van der Waals surface area (Å²) in [4.78, 5) is 17.4. The third kappa shape index (κ3) is 4.34. The highest BCUT2D eigenvalue weighted by Gasteiger charge is 2.19. The molecule has 0 radical (unpaired) electrons. The first-order chi connectivity index (χ1) is 15.5. The first-order valence-corrected chi connectivity index (χ1v) is 10.7. The molecule has 0 aliphatic carbocycles. The van der Waals surface area contributed by atoms with E-state index in [1.165, 1.54) is 25.6 Å². The van der Waals surface area contributed by atoms with E-state index >= 15 is 0 Å². The highest BCUT2D eigenvalue weighted by molar-refractivity contribution is 7.80. The summed E-state index contributed by atoms with van der Waals surface area (Å²) in [5.74, 6) is 0.366. The van der Waals surface area contributed by atoms with Gasteiger partial charge in [-0.2, -0.15) is 0 Å². The third-order valence-electron chi connectivity index (χ3n) is 4.66. The van der Waals surface area contributed by atoms with Gasteiger partial charge in [-0.25, -0.2) is 4.98 Å². The van der Waals surface area contributed by atoms with Gasteiger partial charge < -0.3 is 19.9 Å². The van der Waals surface area contributed by atoms with Gasteiger partial charge in [-0.15, -0.1) is 11.3 Å². The van der Waals surface area contributed by atoms with E-state index in [-0.39, 0.29) is 16.4 Å². The number of phenolic OH excluding ortho intramolecular Hbond substituents is 1. The second-order valence-electron chi connectivity index (χ2n) is 6.66. The molecule has 0 bridgehead atoms. The van der Waals surface area contributed by atoms with Crippen LogP contribution in [-0.4, -0.2) is 35.3 Å². The Morgan fingerprint density at radius 3 is 2.44 bits per heavy atom. The molecular weight excluding hydrogens is 446 g/mol. The molecule has 0 fully saturated rings. The zero-order valence-electron chi connectivity index (χ0n) is 17.2. The van der Waals surface area contributed by atoms with Gasteiger partial charge in [-0.3, -0.25) is 10.1 Å². The van der Waals surface area contributed by atoms with Crippen LogP contribution < -0.4 is 20.1 Å². The fourth-order valence-corrected chi connectivity index (χ4v) is 4.38. The van der Waals surface area contributed by atoms with Crippen molar-refractivity contribution >= 4 is 50.5 Å². The van der Waals surface area contributed by atoms with Crippen molar-refractivity contribution in [2.75, 3.05) is 19.5 Å². The minimum atomic E-state index is -0.470. The predicted octanol–water partition coefficient (Wildman–Crippen LogP) is 4.81. The monoisotopic (exact) mass is 465 g/mol. The van der Waals surface area contributed by atoms with Crippen molar-refractivity contribution in [2.24, 2.45) is 0 Å². The van der Waals surface area contributed by atoms with Crippen molar-refractivity contribution in [3.8, 4) is 27.8 Å². The van der Waals surface area contributed by atoms with Crippen LogP contribution in [0.15, 0.2) is 60.7 Å². The lowest BCUT2D eigenvalue weighted by molar-refractivity contribution is 0.0971. The predicted molar refractivity (Wildman–Crippen MR) is 130 cm³/mol. The number of nitrogens with one attached hydrogen (secondary N) is 2. The van der Waals surface area contributed by atoms with E-state index in [1.807, 2.05) is 24.3 Å². The molecule has 1 heterocycles. The summed E-state index contributed by atoms with van der Waals surface area (Å²) >= 11 is 6.80. The largest absolute Gasteiger partial charge is 0.507 e. The number of rotatable bonds is 5. The minimum Gasteiger partial charge on any atom is -0.507 e. The molecule has 0 aliphatic rings.